The van der Waals surface area contributed by atoms with Crippen LogP contribution in [0.25, 0.3) is 10.2 Å². The zero-order valence-corrected chi connectivity index (χ0v) is 13.2. The maximum atomic E-state index is 12.0. The standard InChI is InChI=1S/C14H14ClN3O3S/c15-9-1-2-11-10(5-9)17-12(22-11)6-16-14(21)18-4-3-8(7-18)13(19)20/h1-2,5,8H,3-4,6-7H2,(H,16,21)(H,19,20). The summed E-state index contributed by atoms with van der Waals surface area (Å²) in [6.07, 6.45) is 0.502. The zero-order valence-electron chi connectivity index (χ0n) is 11.6. The summed E-state index contributed by atoms with van der Waals surface area (Å²) in [4.78, 5) is 28.9. The number of halogens is 1. The van der Waals surface area contributed by atoms with Gasteiger partial charge in [-0.3, -0.25) is 4.79 Å². The van der Waals surface area contributed by atoms with Crippen LogP contribution in [0.4, 0.5) is 4.79 Å². The molecular weight excluding hydrogens is 326 g/mol. The first-order chi connectivity index (χ1) is 10.5. The smallest absolute Gasteiger partial charge is 0.317 e. The van der Waals surface area contributed by atoms with Crippen molar-refractivity contribution in [3.05, 3.63) is 28.2 Å². The fourth-order valence-corrected chi connectivity index (χ4v) is 3.49. The molecule has 2 amide bonds. The van der Waals surface area contributed by atoms with Gasteiger partial charge in [-0.15, -0.1) is 11.3 Å². The Morgan fingerprint density at radius 3 is 3.05 bits per heavy atom. The van der Waals surface area contributed by atoms with Gasteiger partial charge in [0.25, 0.3) is 0 Å². The molecule has 0 saturated carbocycles. The summed E-state index contributed by atoms with van der Waals surface area (Å²) >= 11 is 7.42. The number of urea groups is 1. The average Bonchev–Trinajstić information content (AvgIpc) is 3.10. The number of aliphatic carboxylic acids is 1. The number of rotatable bonds is 3. The number of hydrogen-bond acceptors (Lipinski definition) is 4. The highest BCUT2D eigenvalue weighted by Crippen LogP contribution is 2.25. The summed E-state index contributed by atoms with van der Waals surface area (Å²) in [6, 6.07) is 5.25. The lowest BCUT2D eigenvalue weighted by Crippen LogP contribution is -2.38. The second-order valence-electron chi connectivity index (χ2n) is 5.15. The Labute approximate surface area is 135 Å². The highest BCUT2D eigenvalue weighted by Gasteiger charge is 2.30. The van der Waals surface area contributed by atoms with Gasteiger partial charge in [0.2, 0.25) is 0 Å². The number of carboxylic acid groups (broad SMARTS) is 1. The maximum Gasteiger partial charge on any atom is 0.317 e. The Bertz CT molecular complexity index is 733. The minimum Gasteiger partial charge on any atom is -0.481 e. The molecule has 2 N–H and O–H groups in total. The van der Waals surface area contributed by atoms with Gasteiger partial charge in [-0.1, -0.05) is 11.6 Å². The van der Waals surface area contributed by atoms with Crippen LogP contribution in [0.1, 0.15) is 11.4 Å². The van der Waals surface area contributed by atoms with E-state index in [4.69, 9.17) is 16.7 Å². The molecule has 1 aromatic heterocycles. The molecule has 0 radical (unpaired) electrons. The second kappa shape index (κ2) is 6.10. The minimum absolute atomic E-state index is 0.249. The van der Waals surface area contributed by atoms with Crippen LogP contribution in [-0.2, 0) is 11.3 Å². The van der Waals surface area contributed by atoms with Crippen molar-refractivity contribution in [1.82, 2.24) is 15.2 Å². The first-order valence-electron chi connectivity index (χ1n) is 6.83. The number of likely N-dealkylation sites (tertiary alicyclic amines) is 1. The zero-order chi connectivity index (χ0) is 15.7. The molecule has 0 spiro atoms. The molecule has 0 aliphatic carbocycles. The topological polar surface area (TPSA) is 82.5 Å². The molecule has 1 aromatic carbocycles. The monoisotopic (exact) mass is 339 g/mol. The van der Waals surface area contributed by atoms with E-state index >= 15 is 0 Å². The van der Waals surface area contributed by atoms with Crippen molar-refractivity contribution in [2.75, 3.05) is 13.1 Å². The number of amides is 2. The molecule has 6 nitrogen and oxygen atoms in total. The lowest BCUT2D eigenvalue weighted by atomic mass is 10.1. The highest BCUT2D eigenvalue weighted by molar-refractivity contribution is 7.18. The number of benzene rings is 1. The lowest BCUT2D eigenvalue weighted by molar-refractivity contribution is -0.141. The average molecular weight is 340 g/mol. The van der Waals surface area contributed by atoms with E-state index in [9.17, 15) is 9.59 Å². The third kappa shape index (κ3) is 3.15. The minimum atomic E-state index is -0.849. The van der Waals surface area contributed by atoms with E-state index in [1.54, 1.807) is 12.1 Å². The third-order valence-electron chi connectivity index (χ3n) is 3.61. The summed E-state index contributed by atoms with van der Waals surface area (Å²) in [6.45, 7) is 1.05. The van der Waals surface area contributed by atoms with Gasteiger partial charge in [0.1, 0.15) is 5.01 Å². The Hall–Kier alpha value is -1.86. The van der Waals surface area contributed by atoms with Crippen LogP contribution in [0.15, 0.2) is 18.2 Å². The molecule has 0 bridgehead atoms. The van der Waals surface area contributed by atoms with Crippen molar-refractivity contribution in [2.24, 2.45) is 5.92 Å². The summed E-state index contributed by atoms with van der Waals surface area (Å²) in [5, 5.41) is 13.2. The molecule has 2 heterocycles. The largest absolute Gasteiger partial charge is 0.481 e. The number of carboxylic acids is 1. The van der Waals surface area contributed by atoms with Gasteiger partial charge in [0.05, 0.1) is 22.7 Å². The van der Waals surface area contributed by atoms with E-state index in [2.05, 4.69) is 10.3 Å². The number of hydrogen-bond donors (Lipinski definition) is 2. The molecule has 1 atom stereocenters. The van der Waals surface area contributed by atoms with Crippen LogP contribution in [0.5, 0.6) is 0 Å². The van der Waals surface area contributed by atoms with Crippen LogP contribution >= 0.6 is 22.9 Å². The van der Waals surface area contributed by atoms with Crippen LogP contribution < -0.4 is 5.32 Å². The maximum absolute atomic E-state index is 12.0. The third-order valence-corrected chi connectivity index (χ3v) is 4.88. The fourth-order valence-electron chi connectivity index (χ4n) is 2.43. The number of thiazole rings is 1. The normalized spacial score (nSPS) is 17.9. The van der Waals surface area contributed by atoms with Crippen molar-refractivity contribution < 1.29 is 14.7 Å². The van der Waals surface area contributed by atoms with Crippen molar-refractivity contribution in [3.63, 3.8) is 0 Å². The first kappa shape index (κ1) is 15.1. The lowest BCUT2D eigenvalue weighted by Gasteiger charge is -2.16. The Morgan fingerprint density at radius 1 is 1.50 bits per heavy atom. The van der Waals surface area contributed by atoms with Crippen LogP contribution in [0.2, 0.25) is 5.02 Å². The molecule has 3 rings (SSSR count). The van der Waals surface area contributed by atoms with E-state index in [1.807, 2.05) is 6.07 Å². The van der Waals surface area contributed by atoms with E-state index in [0.29, 0.717) is 24.5 Å². The Balaban J connectivity index is 1.59. The SMILES string of the molecule is O=C(O)C1CCN(C(=O)NCc2nc3cc(Cl)ccc3s2)C1. The van der Waals surface area contributed by atoms with Gasteiger partial charge in [-0.25, -0.2) is 9.78 Å². The number of aromatic nitrogens is 1. The summed E-state index contributed by atoms with van der Waals surface area (Å²) < 4.78 is 1.01. The number of carbonyl (C=O) groups is 2. The van der Waals surface area contributed by atoms with Gasteiger partial charge in [-0.05, 0) is 24.6 Å². The van der Waals surface area contributed by atoms with E-state index in [1.165, 1.54) is 16.2 Å². The van der Waals surface area contributed by atoms with Gasteiger partial charge < -0.3 is 15.3 Å². The molecule has 8 heteroatoms. The number of fused-ring (bicyclic) bond motifs is 1. The predicted octanol–water partition coefficient (Wildman–Crippen LogP) is 2.57. The predicted molar refractivity (Wildman–Crippen MR) is 84.2 cm³/mol. The molecule has 1 aliphatic rings. The van der Waals surface area contributed by atoms with E-state index in [0.717, 1.165) is 15.2 Å². The van der Waals surface area contributed by atoms with Crippen molar-refractivity contribution in [2.45, 2.75) is 13.0 Å². The van der Waals surface area contributed by atoms with Crippen LogP contribution in [-0.4, -0.2) is 40.1 Å². The van der Waals surface area contributed by atoms with Crippen molar-refractivity contribution >= 4 is 45.2 Å². The fraction of sp³-hybridized carbons (Fsp3) is 0.357. The number of nitrogens with one attached hydrogen (secondary N) is 1. The molecule has 1 unspecified atom stereocenters. The number of carbonyl (C=O) groups excluding carboxylic acids is 1. The molecule has 1 aliphatic heterocycles. The van der Waals surface area contributed by atoms with Crippen LogP contribution in [0.3, 0.4) is 0 Å². The molecule has 116 valence electrons. The molecule has 1 fully saturated rings. The summed E-state index contributed by atoms with van der Waals surface area (Å²) in [5.41, 5.74) is 0.814. The first-order valence-corrected chi connectivity index (χ1v) is 8.03. The van der Waals surface area contributed by atoms with E-state index in [-0.39, 0.29) is 12.6 Å². The van der Waals surface area contributed by atoms with E-state index < -0.39 is 11.9 Å². The van der Waals surface area contributed by atoms with Gasteiger partial charge >= 0.3 is 12.0 Å². The van der Waals surface area contributed by atoms with Gasteiger partial charge in [0.15, 0.2) is 0 Å². The second-order valence-corrected chi connectivity index (χ2v) is 6.70. The van der Waals surface area contributed by atoms with Gasteiger partial charge in [-0.2, -0.15) is 0 Å². The Morgan fingerprint density at radius 2 is 2.32 bits per heavy atom. The molecular formula is C14H14ClN3O3S. The molecule has 22 heavy (non-hydrogen) atoms. The Kier molecular flexibility index (Phi) is 4.17. The summed E-state index contributed by atoms with van der Waals surface area (Å²) in [7, 11) is 0. The van der Waals surface area contributed by atoms with Gasteiger partial charge in [0, 0.05) is 18.1 Å². The van der Waals surface area contributed by atoms with Crippen molar-refractivity contribution in [3.8, 4) is 0 Å². The molecule has 2 aromatic rings. The highest BCUT2D eigenvalue weighted by atomic mass is 35.5. The van der Waals surface area contributed by atoms with Crippen molar-refractivity contribution in [1.29, 1.82) is 0 Å². The number of nitrogens with zero attached hydrogens (tertiary/aromatic N) is 2. The molecule has 1 saturated heterocycles. The quantitative estimate of drug-likeness (QED) is 0.900. The van der Waals surface area contributed by atoms with Crippen LogP contribution in [0, 0.1) is 5.92 Å². The summed E-state index contributed by atoms with van der Waals surface area (Å²) in [5.74, 6) is -1.31.